The summed E-state index contributed by atoms with van der Waals surface area (Å²) in [6.45, 7) is 0.0196. The molecule has 0 radical (unpaired) electrons. The molecule has 10 heteroatoms. The van der Waals surface area contributed by atoms with Gasteiger partial charge in [0, 0.05) is 13.1 Å². The second-order valence-electron chi connectivity index (χ2n) is 7.99. The summed E-state index contributed by atoms with van der Waals surface area (Å²) in [5.74, 6) is -1.82. The maximum atomic E-state index is 12.8. The first kappa shape index (κ1) is 20.5. The van der Waals surface area contributed by atoms with Gasteiger partial charge in [-0.2, -0.15) is 13.2 Å². The molecule has 5 atom stereocenters. The molecule has 0 saturated carbocycles. The van der Waals surface area contributed by atoms with Crippen molar-refractivity contribution < 1.29 is 37.0 Å². The quantitative estimate of drug-likeness (QED) is 0.645. The van der Waals surface area contributed by atoms with Crippen LogP contribution in [-0.4, -0.2) is 78.3 Å². The number of nitrogens with zero attached hydrogens (tertiary/aromatic N) is 2. The summed E-state index contributed by atoms with van der Waals surface area (Å²) in [5.41, 5.74) is 0. The number of fused-ring (bicyclic) bond motifs is 3. The van der Waals surface area contributed by atoms with Crippen molar-refractivity contribution in [3.8, 4) is 0 Å². The van der Waals surface area contributed by atoms with Crippen LogP contribution in [0.3, 0.4) is 0 Å². The minimum atomic E-state index is -4.90. The first-order valence-corrected chi connectivity index (χ1v) is 10.1. The predicted octanol–water partition coefficient (Wildman–Crippen LogP) is 2.60. The second kappa shape index (κ2) is 8.14. The molecule has 29 heavy (non-hydrogen) atoms. The number of piperazine rings is 1. The van der Waals surface area contributed by atoms with Crippen LogP contribution in [-0.2, 0) is 19.0 Å². The van der Waals surface area contributed by atoms with Gasteiger partial charge in [0.1, 0.15) is 6.61 Å². The Morgan fingerprint density at radius 1 is 1.03 bits per heavy atom. The molecule has 3 heterocycles. The van der Waals surface area contributed by atoms with Gasteiger partial charge in [0.25, 0.3) is 0 Å². The van der Waals surface area contributed by atoms with Crippen LogP contribution >= 0.6 is 0 Å². The number of amides is 2. The van der Waals surface area contributed by atoms with Gasteiger partial charge in [-0.05, 0) is 38.5 Å². The zero-order valence-corrected chi connectivity index (χ0v) is 16.0. The highest BCUT2D eigenvalue weighted by Gasteiger charge is 2.52. The van der Waals surface area contributed by atoms with E-state index in [1.807, 2.05) is 0 Å². The van der Waals surface area contributed by atoms with Crippen LogP contribution in [0.5, 0.6) is 0 Å². The highest BCUT2D eigenvalue weighted by atomic mass is 19.4. The summed E-state index contributed by atoms with van der Waals surface area (Å²) in [7, 11) is 0. The molecule has 0 aromatic heterocycles. The number of allylic oxidation sites excluding steroid dienone is 1. The molecule has 2 bridgehead atoms. The molecule has 3 aliphatic heterocycles. The van der Waals surface area contributed by atoms with Crippen molar-refractivity contribution in [1.82, 2.24) is 9.80 Å². The van der Waals surface area contributed by atoms with Crippen molar-refractivity contribution in [2.45, 2.75) is 75.3 Å². The van der Waals surface area contributed by atoms with E-state index < -0.39 is 36.6 Å². The first-order valence-electron chi connectivity index (χ1n) is 10.1. The fourth-order valence-corrected chi connectivity index (χ4v) is 4.68. The molecule has 162 valence electrons. The van der Waals surface area contributed by atoms with Crippen molar-refractivity contribution in [1.29, 1.82) is 0 Å². The Kier molecular flexibility index (Phi) is 5.74. The van der Waals surface area contributed by atoms with Crippen molar-refractivity contribution in [2.24, 2.45) is 0 Å². The van der Waals surface area contributed by atoms with Crippen LogP contribution in [0.4, 0.5) is 18.0 Å². The predicted molar refractivity (Wildman–Crippen MR) is 93.8 cm³/mol. The molecule has 1 aliphatic carbocycles. The Labute approximate surface area is 166 Å². The van der Waals surface area contributed by atoms with Gasteiger partial charge in [0.15, 0.2) is 6.29 Å². The summed E-state index contributed by atoms with van der Waals surface area (Å²) in [6.07, 6.45) is 2.55. The third kappa shape index (κ3) is 4.37. The standard InChI is InChI=1S/C19H25F3N2O5/c20-19(21,22)17(25)24-12-7-8-13(24)10-23(9-12)18(26)27-11-16-28-14-5-3-1-2-4-6-15(14)29-16/h1,3,12-16H,2,4-11H2/b3-1+. The van der Waals surface area contributed by atoms with Crippen molar-refractivity contribution >= 4 is 12.0 Å². The summed E-state index contributed by atoms with van der Waals surface area (Å²) in [4.78, 5) is 26.3. The van der Waals surface area contributed by atoms with Crippen molar-refractivity contribution in [3.63, 3.8) is 0 Å². The second-order valence-corrected chi connectivity index (χ2v) is 7.99. The number of carbonyl (C=O) groups excluding carboxylic acids is 2. The number of rotatable bonds is 2. The summed E-state index contributed by atoms with van der Waals surface area (Å²) in [6, 6.07) is -1.26. The molecule has 5 unspecified atom stereocenters. The lowest BCUT2D eigenvalue weighted by Gasteiger charge is -2.40. The zero-order chi connectivity index (χ0) is 20.6. The van der Waals surface area contributed by atoms with Crippen LogP contribution in [0.1, 0.15) is 38.5 Å². The minimum Gasteiger partial charge on any atom is -0.444 e. The van der Waals surface area contributed by atoms with E-state index in [0.717, 1.165) is 30.6 Å². The van der Waals surface area contributed by atoms with E-state index in [2.05, 4.69) is 12.2 Å². The zero-order valence-electron chi connectivity index (χ0n) is 16.0. The lowest BCUT2D eigenvalue weighted by atomic mass is 10.0. The van der Waals surface area contributed by atoms with Gasteiger partial charge < -0.3 is 24.0 Å². The molecule has 3 fully saturated rings. The molecular weight excluding hydrogens is 393 g/mol. The van der Waals surface area contributed by atoms with Crippen LogP contribution in [0.2, 0.25) is 0 Å². The van der Waals surface area contributed by atoms with E-state index in [0.29, 0.717) is 12.8 Å². The van der Waals surface area contributed by atoms with E-state index in [4.69, 9.17) is 14.2 Å². The maximum absolute atomic E-state index is 12.8. The van der Waals surface area contributed by atoms with Crippen LogP contribution in [0.15, 0.2) is 12.2 Å². The summed E-state index contributed by atoms with van der Waals surface area (Å²) < 4.78 is 55.4. The highest BCUT2D eigenvalue weighted by Crippen LogP contribution is 2.34. The third-order valence-corrected chi connectivity index (χ3v) is 6.02. The van der Waals surface area contributed by atoms with Gasteiger partial charge in [-0.25, -0.2) is 4.79 Å². The van der Waals surface area contributed by atoms with E-state index in [9.17, 15) is 22.8 Å². The number of hydrogen-bond donors (Lipinski definition) is 0. The number of halogens is 3. The summed E-state index contributed by atoms with van der Waals surface area (Å²) >= 11 is 0. The average molecular weight is 418 g/mol. The fraction of sp³-hybridized carbons (Fsp3) is 0.789. The SMILES string of the molecule is O=C(OCC1OC2C/C=C/CCCC2O1)N1CC2CCC(C1)N2C(=O)C(F)(F)F. The molecular formula is C19H25F3N2O5. The van der Waals surface area contributed by atoms with Crippen molar-refractivity contribution in [3.05, 3.63) is 12.2 Å². The van der Waals surface area contributed by atoms with Crippen LogP contribution in [0, 0.1) is 0 Å². The molecule has 4 rings (SSSR count). The average Bonchev–Trinajstić information content (AvgIpc) is 3.14. The Morgan fingerprint density at radius 2 is 1.72 bits per heavy atom. The number of hydrogen-bond acceptors (Lipinski definition) is 5. The molecule has 0 aromatic carbocycles. The van der Waals surface area contributed by atoms with Gasteiger partial charge >= 0.3 is 18.2 Å². The summed E-state index contributed by atoms with van der Waals surface area (Å²) in [5, 5.41) is 0. The molecule has 0 aromatic rings. The number of ether oxygens (including phenoxy) is 3. The van der Waals surface area contributed by atoms with Gasteiger partial charge in [-0.1, -0.05) is 12.2 Å². The minimum absolute atomic E-state index is 0.0172. The van der Waals surface area contributed by atoms with Crippen LogP contribution in [0.25, 0.3) is 0 Å². The smallest absolute Gasteiger partial charge is 0.444 e. The Balaban J connectivity index is 1.27. The lowest BCUT2D eigenvalue weighted by molar-refractivity contribution is -0.190. The van der Waals surface area contributed by atoms with Gasteiger partial charge in [-0.15, -0.1) is 0 Å². The molecule has 3 saturated heterocycles. The number of alkyl halides is 3. The van der Waals surface area contributed by atoms with E-state index in [-0.39, 0.29) is 31.9 Å². The van der Waals surface area contributed by atoms with Gasteiger partial charge in [0.2, 0.25) is 0 Å². The normalized spacial score (nSPS) is 35.6. The molecule has 4 aliphatic rings. The number of carbonyl (C=O) groups is 2. The van der Waals surface area contributed by atoms with Crippen LogP contribution < -0.4 is 0 Å². The highest BCUT2D eigenvalue weighted by molar-refractivity contribution is 5.83. The largest absolute Gasteiger partial charge is 0.471 e. The monoisotopic (exact) mass is 418 g/mol. The Bertz CT molecular complexity index is 657. The van der Waals surface area contributed by atoms with Gasteiger partial charge in [-0.3, -0.25) is 4.79 Å². The van der Waals surface area contributed by atoms with E-state index >= 15 is 0 Å². The maximum Gasteiger partial charge on any atom is 0.471 e. The molecule has 0 spiro atoms. The molecule has 2 amide bonds. The Hall–Kier alpha value is -1.81. The van der Waals surface area contributed by atoms with Gasteiger partial charge in [0.05, 0.1) is 24.3 Å². The third-order valence-electron chi connectivity index (χ3n) is 6.02. The lowest BCUT2D eigenvalue weighted by Crippen LogP contribution is -2.59. The number of likely N-dealkylation sites (tertiary alicyclic amines) is 1. The van der Waals surface area contributed by atoms with E-state index in [1.165, 1.54) is 4.90 Å². The fourth-order valence-electron chi connectivity index (χ4n) is 4.68. The first-order chi connectivity index (χ1) is 13.8. The van der Waals surface area contributed by atoms with E-state index in [1.54, 1.807) is 0 Å². The molecule has 7 nitrogen and oxygen atoms in total. The Morgan fingerprint density at radius 3 is 2.41 bits per heavy atom. The molecule has 0 N–H and O–H groups in total. The van der Waals surface area contributed by atoms with Crippen molar-refractivity contribution in [2.75, 3.05) is 19.7 Å². The topological polar surface area (TPSA) is 68.3 Å².